The van der Waals surface area contributed by atoms with Crippen molar-refractivity contribution >= 4 is 53.7 Å². The molecule has 1 amide bonds. The Hall–Kier alpha value is -0.890. The molecule has 1 aliphatic heterocycles. The molecule has 0 aliphatic carbocycles. The molecule has 27 heavy (non-hydrogen) atoms. The molecule has 2 aromatic rings. The van der Waals surface area contributed by atoms with Crippen LogP contribution in [0.1, 0.15) is 39.9 Å². The molecule has 5 nitrogen and oxygen atoms in total. The highest BCUT2D eigenvalue weighted by Gasteiger charge is 2.24. The highest BCUT2D eigenvalue weighted by molar-refractivity contribution is 7.09. The van der Waals surface area contributed by atoms with Crippen molar-refractivity contribution in [1.82, 2.24) is 15.2 Å². The smallest absolute Gasteiger partial charge is 0.270 e. The van der Waals surface area contributed by atoms with Gasteiger partial charge in [-0.2, -0.15) is 0 Å². The molecule has 1 unspecified atom stereocenters. The van der Waals surface area contributed by atoms with Crippen molar-refractivity contribution in [2.24, 2.45) is 5.73 Å². The van der Waals surface area contributed by atoms with Crippen molar-refractivity contribution in [2.45, 2.75) is 25.3 Å². The summed E-state index contributed by atoms with van der Waals surface area (Å²) < 4.78 is 0. The third-order valence-electron chi connectivity index (χ3n) is 4.41. The first-order valence-electron chi connectivity index (χ1n) is 8.59. The average molecular weight is 452 g/mol. The predicted octanol–water partition coefficient (Wildman–Crippen LogP) is 3.71. The molecule has 1 aromatic heterocycles. The fourth-order valence-corrected chi connectivity index (χ4v) is 4.15. The number of hydrogen-bond acceptors (Lipinski definition) is 5. The summed E-state index contributed by atoms with van der Waals surface area (Å²) >= 11 is 7.64. The fourth-order valence-electron chi connectivity index (χ4n) is 3.16. The van der Waals surface area contributed by atoms with Crippen LogP contribution >= 0.6 is 47.8 Å². The lowest BCUT2D eigenvalue weighted by Gasteiger charge is -2.28. The second-order valence-electron chi connectivity index (χ2n) is 6.19. The second kappa shape index (κ2) is 11.8. The van der Waals surface area contributed by atoms with Gasteiger partial charge in [0.05, 0.1) is 11.0 Å². The summed E-state index contributed by atoms with van der Waals surface area (Å²) in [6.45, 7) is 3.18. The Balaban J connectivity index is 0.00000182. The molecule has 1 aliphatic rings. The molecule has 1 fully saturated rings. The van der Waals surface area contributed by atoms with Crippen LogP contribution in [-0.4, -0.2) is 42.0 Å². The highest BCUT2D eigenvalue weighted by Crippen LogP contribution is 2.26. The number of nitrogens with zero attached hydrogens (tertiary/aromatic N) is 2. The van der Waals surface area contributed by atoms with Gasteiger partial charge in [0.2, 0.25) is 0 Å². The van der Waals surface area contributed by atoms with Gasteiger partial charge in [0, 0.05) is 23.4 Å². The van der Waals surface area contributed by atoms with E-state index in [1.165, 1.54) is 24.2 Å². The third-order valence-corrected chi connectivity index (χ3v) is 5.56. The van der Waals surface area contributed by atoms with E-state index in [-0.39, 0.29) is 36.8 Å². The van der Waals surface area contributed by atoms with Gasteiger partial charge in [0.15, 0.2) is 0 Å². The Labute approximate surface area is 181 Å². The molecule has 0 radical (unpaired) electrons. The van der Waals surface area contributed by atoms with Crippen molar-refractivity contribution in [3.8, 4) is 0 Å². The summed E-state index contributed by atoms with van der Waals surface area (Å²) in [4.78, 5) is 19.2. The van der Waals surface area contributed by atoms with Crippen molar-refractivity contribution in [3.05, 3.63) is 50.9 Å². The zero-order valence-corrected chi connectivity index (χ0v) is 18.1. The molecule has 1 aromatic carbocycles. The fraction of sp³-hybridized carbons (Fsp3) is 0.444. The van der Waals surface area contributed by atoms with Gasteiger partial charge < -0.3 is 11.1 Å². The van der Waals surface area contributed by atoms with Crippen LogP contribution in [0, 0.1) is 0 Å². The normalized spacial score (nSPS) is 14.9. The minimum atomic E-state index is -0.134. The van der Waals surface area contributed by atoms with E-state index >= 15 is 0 Å². The van der Waals surface area contributed by atoms with Gasteiger partial charge in [0.1, 0.15) is 5.69 Å². The lowest BCUT2D eigenvalue weighted by atomic mass is 10.1. The number of rotatable bonds is 7. The predicted molar refractivity (Wildman–Crippen MR) is 117 cm³/mol. The molecule has 0 spiro atoms. The number of aromatic nitrogens is 1. The number of benzene rings is 1. The summed E-state index contributed by atoms with van der Waals surface area (Å²) in [5.74, 6) is -0.134. The van der Waals surface area contributed by atoms with Crippen LogP contribution in [0.2, 0.25) is 5.02 Å². The van der Waals surface area contributed by atoms with E-state index in [1.807, 2.05) is 18.2 Å². The Kier molecular flexibility index (Phi) is 10.6. The SMILES string of the molecule is Cl.Cl.NCCc1nc(C(=O)NCC(c2cccc(Cl)c2)N2CCCC2)cs1. The van der Waals surface area contributed by atoms with Crippen molar-refractivity contribution < 1.29 is 4.79 Å². The lowest BCUT2D eigenvalue weighted by Crippen LogP contribution is -2.37. The van der Waals surface area contributed by atoms with Gasteiger partial charge in [-0.3, -0.25) is 9.69 Å². The zero-order valence-electron chi connectivity index (χ0n) is 14.9. The first-order valence-corrected chi connectivity index (χ1v) is 9.85. The highest BCUT2D eigenvalue weighted by atomic mass is 35.5. The van der Waals surface area contributed by atoms with Crippen LogP contribution < -0.4 is 11.1 Å². The molecule has 9 heteroatoms. The molecule has 3 N–H and O–H groups in total. The maximum absolute atomic E-state index is 12.4. The third kappa shape index (κ3) is 6.59. The van der Waals surface area contributed by atoms with Crippen LogP contribution in [0.5, 0.6) is 0 Å². The first-order chi connectivity index (χ1) is 12.2. The minimum Gasteiger partial charge on any atom is -0.349 e. The minimum absolute atomic E-state index is 0. The van der Waals surface area contributed by atoms with Crippen LogP contribution in [0.25, 0.3) is 0 Å². The number of hydrogen-bond donors (Lipinski definition) is 2. The van der Waals surface area contributed by atoms with Crippen LogP contribution in [0.3, 0.4) is 0 Å². The molecule has 0 saturated carbocycles. The average Bonchev–Trinajstić information content (AvgIpc) is 3.27. The molecule has 150 valence electrons. The van der Waals surface area contributed by atoms with E-state index in [0.29, 0.717) is 25.2 Å². The Morgan fingerprint density at radius 3 is 2.74 bits per heavy atom. The lowest BCUT2D eigenvalue weighted by molar-refractivity contribution is 0.0933. The number of halogens is 3. The molecule has 3 rings (SSSR count). The van der Waals surface area contributed by atoms with Crippen molar-refractivity contribution in [1.29, 1.82) is 0 Å². The van der Waals surface area contributed by atoms with E-state index in [9.17, 15) is 4.79 Å². The van der Waals surface area contributed by atoms with Gasteiger partial charge in [-0.25, -0.2) is 4.98 Å². The molecule has 1 atom stereocenters. The molecule has 0 bridgehead atoms. The van der Waals surface area contributed by atoms with E-state index < -0.39 is 0 Å². The maximum atomic E-state index is 12.4. The van der Waals surface area contributed by atoms with Gasteiger partial charge in [0.25, 0.3) is 5.91 Å². The summed E-state index contributed by atoms with van der Waals surface area (Å²) in [5.41, 5.74) is 7.15. The topological polar surface area (TPSA) is 71.2 Å². The summed E-state index contributed by atoms with van der Waals surface area (Å²) in [5, 5.41) is 6.46. The zero-order chi connectivity index (χ0) is 17.6. The summed E-state index contributed by atoms with van der Waals surface area (Å²) in [6, 6.07) is 8.02. The molecular weight excluding hydrogens is 427 g/mol. The summed E-state index contributed by atoms with van der Waals surface area (Å²) in [7, 11) is 0. The van der Waals surface area contributed by atoms with Gasteiger partial charge in [-0.15, -0.1) is 36.2 Å². The van der Waals surface area contributed by atoms with Crippen LogP contribution in [0.15, 0.2) is 29.6 Å². The van der Waals surface area contributed by atoms with E-state index in [1.54, 1.807) is 5.38 Å². The second-order valence-corrected chi connectivity index (χ2v) is 7.57. The van der Waals surface area contributed by atoms with Crippen molar-refractivity contribution in [2.75, 3.05) is 26.2 Å². The van der Waals surface area contributed by atoms with Crippen LogP contribution in [0.4, 0.5) is 0 Å². The van der Waals surface area contributed by atoms with E-state index in [2.05, 4.69) is 21.3 Å². The maximum Gasteiger partial charge on any atom is 0.270 e. The Morgan fingerprint density at radius 2 is 2.07 bits per heavy atom. The first kappa shape index (κ1) is 24.1. The largest absolute Gasteiger partial charge is 0.349 e. The standard InChI is InChI=1S/C18H23ClN4OS.2ClH/c19-14-5-3-4-13(10-14)16(23-8-1-2-9-23)11-21-18(24)15-12-25-17(22-15)6-7-20;;/h3-5,10,12,16H,1-2,6-9,11,20H2,(H,21,24);2*1H. The number of carbonyl (C=O) groups is 1. The number of thiazole rings is 1. The quantitative estimate of drug-likeness (QED) is 0.673. The van der Waals surface area contributed by atoms with Crippen molar-refractivity contribution in [3.63, 3.8) is 0 Å². The number of nitrogens with two attached hydrogens (primary N) is 1. The number of amides is 1. The Bertz CT molecular complexity index is 722. The number of likely N-dealkylation sites (tertiary alicyclic amines) is 1. The summed E-state index contributed by atoms with van der Waals surface area (Å²) in [6.07, 6.45) is 3.09. The van der Waals surface area contributed by atoms with Gasteiger partial charge in [-0.1, -0.05) is 23.7 Å². The van der Waals surface area contributed by atoms with E-state index in [0.717, 1.165) is 28.7 Å². The number of carbonyl (C=O) groups excluding carboxylic acids is 1. The monoisotopic (exact) mass is 450 g/mol. The van der Waals surface area contributed by atoms with E-state index in [4.69, 9.17) is 17.3 Å². The van der Waals surface area contributed by atoms with Gasteiger partial charge >= 0.3 is 0 Å². The van der Waals surface area contributed by atoms with Crippen LogP contribution in [-0.2, 0) is 6.42 Å². The molecule has 2 heterocycles. The number of nitrogens with one attached hydrogen (secondary N) is 1. The molecule has 1 saturated heterocycles. The Morgan fingerprint density at radius 1 is 1.33 bits per heavy atom. The van der Waals surface area contributed by atoms with Gasteiger partial charge in [-0.05, 0) is 50.2 Å². The molecular formula is C18H25Cl3N4OS.